The van der Waals surface area contributed by atoms with Crippen LogP contribution in [0.1, 0.15) is 23.0 Å². The van der Waals surface area contributed by atoms with Gasteiger partial charge in [-0.05, 0) is 28.4 Å². The van der Waals surface area contributed by atoms with Crippen LogP contribution in [-0.4, -0.2) is 18.0 Å². The zero-order chi connectivity index (χ0) is 11.4. The Kier molecular flexibility index (Phi) is 4.05. The second kappa shape index (κ2) is 5.09. The van der Waals surface area contributed by atoms with E-state index in [1.807, 2.05) is 6.92 Å². The molecule has 0 aliphatic rings. The molecule has 2 N–H and O–H groups in total. The molecule has 0 saturated carbocycles. The summed E-state index contributed by atoms with van der Waals surface area (Å²) in [6.07, 6.45) is 0.683. The summed E-state index contributed by atoms with van der Waals surface area (Å²) >= 11 is 3.27. The minimum absolute atomic E-state index is 0.0147. The van der Waals surface area contributed by atoms with Crippen molar-refractivity contribution in [2.24, 2.45) is 0 Å². The van der Waals surface area contributed by atoms with Gasteiger partial charge in [-0.15, -0.1) is 0 Å². The van der Waals surface area contributed by atoms with Gasteiger partial charge in [0, 0.05) is 10.2 Å². The maximum absolute atomic E-state index is 11.5. The SMILES string of the molecule is CCc1[nH]c(=O)c(C(=O)NOC)cc1Br. The Morgan fingerprint density at radius 1 is 1.67 bits per heavy atom. The summed E-state index contributed by atoms with van der Waals surface area (Å²) in [7, 11) is 1.31. The third kappa shape index (κ3) is 2.66. The molecule has 15 heavy (non-hydrogen) atoms. The van der Waals surface area contributed by atoms with Gasteiger partial charge >= 0.3 is 0 Å². The second-order valence-corrected chi connectivity index (χ2v) is 3.68. The molecule has 0 aromatic carbocycles. The highest BCUT2D eigenvalue weighted by Gasteiger charge is 2.12. The molecular formula is C9H11BrN2O3. The van der Waals surface area contributed by atoms with E-state index in [0.29, 0.717) is 10.9 Å². The van der Waals surface area contributed by atoms with Crippen molar-refractivity contribution in [3.63, 3.8) is 0 Å². The lowest BCUT2D eigenvalue weighted by Gasteiger charge is -2.04. The normalized spacial score (nSPS) is 10.1. The van der Waals surface area contributed by atoms with Crippen LogP contribution in [0.3, 0.4) is 0 Å². The molecule has 0 aliphatic carbocycles. The van der Waals surface area contributed by atoms with Gasteiger partial charge in [0.1, 0.15) is 5.56 Å². The summed E-state index contributed by atoms with van der Waals surface area (Å²) in [5.41, 5.74) is 2.43. The molecule has 0 aliphatic heterocycles. The Morgan fingerprint density at radius 3 is 2.87 bits per heavy atom. The van der Waals surface area contributed by atoms with Crippen molar-refractivity contribution in [1.29, 1.82) is 0 Å². The minimum Gasteiger partial charge on any atom is -0.324 e. The van der Waals surface area contributed by atoms with Crippen LogP contribution in [0.25, 0.3) is 0 Å². The Labute approximate surface area is 94.9 Å². The van der Waals surface area contributed by atoms with E-state index in [4.69, 9.17) is 0 Å². The van der Waals surface area contributed by atoms with E-state index < -0.39 is 11.5 Å². The van der Waals surface area contributed by atoms with Crippen LogP contribution in [0.15, 0.2) is 15.3 Å². The molecule has 6 heteroatoms. The van der Waals surface area contributed by atoms with Gasteiger partial charge in [0.15, 0.2) is 0 Å². The van der Waals surface area contributed by atoms with Crippen molar-refractivity contribution in [2.75, 3.05) is 7.11 Å². The van der Waals surface area contributed by atoms with Crippen LogP contribution < -0.4 is 11.0 Å². The largest absolute Gasteiger partial charge is 0.324 e. The molecule has 0 saturated heterocycles. The molecule has 0 bridgehead atoms. The average Bonchev–Trinajstić information content (AvgIpc) is 2.21. The lowest BCUT2D eigenvalue weighted by atomic mass is 10.2. The number of nitrogens with one attached hydrogen (secondary N) is 2. The summed E-state index contributed by atoms with van der Waals surface area (Å²) in [6.45, 7) is 1.91. The fourth-order valence-corrected chi connectivity index (χ4v) is 1.73. The van der Waals surface area contributed by atoms with E-state index in [2.05, 4.69) is 31.2 Å². The molecule has 0 fully saturated rings. The predicted octanol–water partition coefficient (Wildman–Crippen LogP) is 0.991. The van der Waals surface area contributed by atoms with Crippen molar-refractivity contribution in [2.45, 2.75) is 13.3 Å². The lowest BCUT2D eigenvalue weighted by Crippen LogP contribution is -2.29. The smallest absolute Gasteiger partial charge is 0.280 e. The number of rotatable bonds is 3. The molecule has 1 aromatic heterocycles. The average molecular weight is 275 g/mol. The highest BCUT2D eigenvalue weighted by molar-refractivity contribution is 9.10. The number of aryl methyl sites for hydroxylation is 1. The quantitative estimate of drug-likeness (QED) is 0.808. The number of hydrogen-bond acceptors (Lipinski definition) is 3. The molecule has 1 rings (SSSR count). The number of halogens is 1. The van der Waals surface area contributed by atoms with E-state index in [-0.39, 0.29) is 5.56 Å². The first kappa shape index (κ1) is 11.9. The summed E-state index contributed by atoms with van der Waals surface area (Å²) in [5.74, 6) is -0.567. The summed E-state index contributed by atoms with van der Waals surface area (Å²) in [6, 6.07) is 1.48. The van der Waals surface area contributed by atoms with Gasteiger partial charge in [0.2, 0.25) is 0 Å². The molecule has 1 amide bonds. The molecule has 0 atom stereocenters. The molecule has 5 nitrogen and oxygen atoms in total. The molecule has 0 radical (unpaired) electrons. The maximum Gasteiger partial charge on any atom is 0.280 e. The highest BCUT2D eigenvalue weighted by Crippen LogP contribution is 2.14. The number of aromatic amines is 1. The Bertz CT molecular complexity index is 428. The topological polar surface area (TPSA) is 71.2 Å². The van der Waals surface area contributed by atoms with Crippen molar-refractivity contribution in [3.8, 4) is 0 Å². The molecule has 0 unspecified atom stereocenters. The number of pyridine rings is 1. The summed E-state index contributed by atoms with van der Waals surface area (Å²) in [4.78, 5) is 29.9. The third-order valence-electron chi connectivity index (χ3n) is 1.86. The monoisotopic (exact) mass is 274 g/mol. The molecule has 1 heterocycles. The number of hydrogen-bond donors (Lipinski definition) is 2. The Morgan fingerprint density at radius 2 is 2.33 bits per heavy atom. The maximum atomic E-state index is 11.5. The Balaban J connectivity index is 3.16. The fourth-order valence-electron chi connectivity index (χ4n) is 1.12. The first-order chi connectivity index (χ1) is 7.10. The van der Waals surface area contributed by atoms with E-state index >= 15 is 0 Å². The number of amides is 1. The van der Waals surface area contributed by atoms with Crippen LogP contribution in [0, 0.1) is 0 Å². The van der Waals surface area contributed by atoms with Crippen LogP contribution >= 0.6 is 15.9 Å². The highest BCUT2D eigenvalue weighted by atomic mass is 79.9. The molecule has 82 valence electrons. The third-order valence-corrected chi connectivity index (χ3v) is 2.57. The van der Waals surface area contributed by atoms with Gasteiger partial charge < -0.3 is 4.98 Å². The number of carbonyl (C=O) groups excluding carboxylic acids is 1. The summed E-state index contributed by atoms with van der Waals surface area (Å²) < 4.78 is 0.700. The minimum atomic E-state index is -0.567. The van der Waals surface area contributed by atoms with E-state index in [1.165, 1.54) is 13.2 Å². The van der Waals surface area contributed by atoms with Gasteiger partial charge in [0.05, 0.1) is 7.11 Å². The standard InChI is InChI=1S/C9H11BrN2O3/c1-3-7-6(10)4-5(8(13)11-7)9(14)12-15-2/h4H,3H2,1-2H3,(H,11,13)(H,12,14). The molecule has 1 aromatic rings. The van der Waals surface area contributed by atoms with Gasteiger partial charge in [-0.1, -0.05) is 6.92 Å². The number of hydroxylamine groups is 1. The van der Waals surface area contributed by atoms with E-state index in [0.717, 1.165) is 5.69 Å². The molecule has 0 spiro atoms. The predicted molar refractivity (Wildman–Crippen MR) is 58.6 cm³/mol. The van der Waals surface area contributed by atoms with Crippen LogP contribution in [-0.2, 0) is 11.3 Å². The number of H-pyrrole nitrogens is 1. The van der Waals surface area contributed by atoms with E-state index in [1.54, 1.807) is 0 Å². The zero-order valence-electron chi connectivity index (χ0n) is 8.39. The van der Waals surface area contributed by atoms with Gasteiger partial charge in [-0.25, -0.2) is 5.48 Å². The van der Waals surface area contributed by atoms with Crippen molar-refractivity contribution < 1.29 is 9.63 Å². The van der Waals surface area contributed by atoms with Crippen molar-refractivity contribution >= 4 is 21.8 Å². The number of aromatic nitrogens is 1. The van der Waals surface area contributed by atoms with Crippen molar-refractivity contribution in [1.82, 2.24) is 10.5 Å². The summed E-state index contributed by atoms with van der Waals surface area (Å²) in [5, 5.41) is 0. The van der Waals surface area contributed by atoms with Gasteiger partial charge in [0.25, 0.3) is 11.5 Å². The lowest BCUT2D eigenvalue weighted by molar-refractivity contribution is 0.0536. The van der Waals surface area contributed by atoms with E-state index in [9.17, 15) is 9.59 Å². The molecular weight excluding hydrogens is 264 g/mol. The zero-order valence-corrected chi connectivity index (χ0v) is 9.97. The van der Waals surface area contributed by atoms with Crippen LogP contribution in [0.2, 0.25) is 0 Å². The van der Waals surface area contributed by atoms with Crippen LogP contribution in [0.4, 0.5) is 0 Å². The van der Waals surface area contributed by atoms with Crippen LogP contribution in [0.5, 0.6) is 0 Å². The van der Waals surface area contributed by atoms with Crippen molar-refractivity contribution in [3.05, 3.63) is 32.2 Å². The Hall–Kier alpha value is -1.14. The van der Waals surface area contributed by atoms with Gasteiger partial charge in [-0.2, -0.15) is 0 Å². The second-order valence-electron chi connectivity index (χ2n) is 2.83. The first-order valence-corrected chi connectivity index (χ1v) is 5.14. The van der Waals surface area contributed by atoms with Gasteiger partial charge in [-0.3, -0.25) is 14.4 Å². The first-order valence-electron chi connectivity index (χ1n) is 4.35. The number of carbonyl (C=O) groups is 1. The fraction of sp³-hybridized carbons (Fsp3) is 0.333.